The highest BCUT2D eigenvalue weighted by molar-refractivity contribution is 6.04. The van der Waals surface area contributed by atoms with Gasteiger partial charge in [0, 0.05) is 17.4 Å². The van der Waals surface area contributed by atoms with E-state index in [0.717, 1.165) is 29.9 Å². The Morgan fingerprint density at radius 2 is 2.04 bits per heavy atom. The van der Waals surface area contributed by atoms with Crippen molar-refractivity contribution in [1.29, 1.82) is 0 Å². The Hall–Kier alpha value is -3.09. The lowest BCUT2D eigenvalue weighted by Crippen LogP contribution is -2.15. The normalized spacial score (nSPS) is 10.6. The summed E-state index contributed by atoms with van der Waals surface area (Å²) in [5.74, 6) is 1.18. The molecule has 1 aromatic carbocycles. The SMILES string of the molecule is CCCc1ncncc1C(=O)Nc1ccc(-c2n[nH]c(C)n2)cc1. The largest absolute Gasteiger partial charge is 0.322 e. The maximum absolute atomic E-state index is 12.4. The molecule has 7 nitrogen and oxygen atoms in total. The lowest BCUT2D eigenvalue weighted by molar-refractivity contribution is 0.102. The van der Waals surface area contributed by atoms with Crippen molar-refractivity contribution in [1.82, 2.24) is 25.1 Å². The maximum atomic E-state index is 12.4. The minimum atomic E-state index is -0.208. The van der Waals surface area contributed by atoms with Crippen molar-refractivity contribution in [3.63, 3.8) is 0 Å². The molecule has 0 radical (unpaired) electrons. The monoisotopic (exact) mass is 322 g/mol. The highest BCUT2D eigenvalue weighted by atomic mass is 16.1. The number of aromatic nitrogens is 5. The summed E-state index contributed by atoms with van der Waals surface area (Å²) < 4.78 is 0. The third kappa shape index (κ3) is 3.45. The molecule has 3 rings (SSSR count). The van der Waals surface area contributed by atoms with E-state index in [1.165, 1.54) is 6.33 Å². The first-order valence-electron chi connectivity index (χ1n) is 7.77. The molecule has 0 aliphatic rings. The van der Waals surface area contributed by atoms with Gasteiger partial charge in [0.15, 0.2) is 5.82 Å². The van der Waals surface area contributed by atoms with Crippen LogP contribution in [0.1, 0.15) is 35.2 Å². The number of rotatable bonds is 5. The topological polar surface area (TPSA) is 96.5 Å². The van der Waals surface area contributed by atoms with Gasteiger partial charge in [-0.2, -0.15) is 5.10 Å². The zero-order chi connectivity index (χ0) is 16.9. The Bertz CT molecular complexity index is 840. The van der Waals surface area contributed by atoms with Crippen molar-refractivity contribution in [3.8, 4) is 11.4 Å². The number of H-pyrrole nitrogens is 1. The third-order valence-electron chi connectivity index (χ3n) is 3.52. The molecule has 1 amide bonds. The van der Waals surface area contributed by atoms with Crippen LogP contribution in [0.15, 0.2) is 36.8 Å². The quantitative estimate of drug-likeness (QED) is 0.753. The Morgan fingerprint density at radius 3 is 2.71 bits per heavy atom. The Labute approximate surface area is 139 Å². The minimum absolute atomic E-state index is 0.208. The lowest BCUT2D eigenvalue weighted by atomic mass is 10.1. The summed E-state index contributed by atoms with van der Waals surface area (Å²) in [6.07, 6.45) is 4.68. The zero-order valence-electron chi connectivity index (χ0n) is 13.6. The van der Waals surface area contributed by atoms with Crippen LogP contribution in [0.25, 0.3) is 11.4 Å². The fourth-order valence-corrected chi connectivity index (χ4v) is 2.35. The first-order chi connectivity index (χ1) is 11.7. The number of anilines is 1. The predicted octanol–water partition coefficient (Wildman–Crippen LogP) is 2.77. The summed E-state index contributed by atoms with van der Waals surface area (Å²) in [6.45, 7) is 3.90. The zero-order valence-corrected chi connectivity index (χ0v) is 13.6. The fourth-order valence-electron chi connectivity index (χ4n) is 2.35. The van der Waals surface area contributed by atoms with E-state index in [9.17, 15) is 4.79 Å². The van der Waals surface area contributed by atoms with Crippen molar-refractivity contribution >= 4 is 11.6 Å². The van der Waals surface area contributed by atoms with Gasteiger partial charge in [-0.05, 0) is 37.6 Å². The number of nitrogens with zero attached hydrogens (tertiary/aromatic N) is 4. The molecule has 0 unspecified atom stereocenters. The highest BCUT2D eigenvalue weighted by Crippen LogP contribution is 2.18. The average Bonchev–Trinajstić information content (AvgIpc) is 3.03. The van der Waals surface area contributed by atoms with E-state index in [1.807, 2.05) is 38.1 Å². The summed E-state index contributed by atoms with van der Waals surface area (Å²) >= 11 is 0. The second kappa shape index (κ2) is 6.99. The van der Waals surface area contributed by atoms with Gasteiger partial charge in [-0.25, -0.2) is 15.0 Å². The van der Waals surface area contributed by atoms with E-state index in [-0.39, 0.29) is 5.91 Å². The highest BCUT2D eigenvalue weighted by Gasteiger charge is 2.13. The Kier molecular flexibility index (Phi) is 4.60. The van der Waals surface area contributed by atoms with E-state index in [4.69, 9.17) is 0 Å². The van der Waals surface area contributed by atoms with E-state index in [0.29, 0.717) is 17.1 Å². The first-order valence-corrected chi connectivity index (χ1v) is 7.77. The molecule has 2 heterocycles. The predicted molar refractivity (Wildman–Crippen MR) is 90.5 cm³/mol. The lowest BCUT2D eigenvalue weighted by Gasteiger charge is -2.08. The van der Waals surface area contributed by atoms with Gasteiger partial charge in [-0.3, -0.25) is 9.89 Å². The first kappa shape index (κ1) is 15.8. The van der Waals surface area contributed by atoms with Gasteiger partial charge in [0.2, 0.25) is 0 Å². The Balaban J connectivity index is 1.75. The molecule has 7 heteroatoms. The fraction of sp³-hybridized carbons (Fsp3) is 0.235. The molecule has 0 atom stereocenters. The van der Waals surface area contributed by atoms with Gasteiger partial charge in [0.25, 0.3) is 5.91 Å². The van der Waals surface area contributed by atoms with Crippen molar-refractivity contribution in [2.24, 2.45) is 0 Å². The molecule has 122 valence electrons. The van der Waals surface area contributed by atoms with Gasteiger partial charge in [0.05, 0.1) is 11.3 Å². The summed E-state index contributed by atoms with van der Waals surface area (Å²) in [5, 5.41) is 9.80. The van der Waals surface area contributed by atoms with E-state index >= 15 is 0 Å². The van der Waals surface area contributed by atoms with Crippen LogP contribution < -0.4 is 5.32 Å². The molecule has 0 saturated heterocycles. The number of aryl methyl sites for hydroxylation is 2. The molecule has 0 saturated carbocycles. The average molecular weight is 322 g/mol. The van der Waals surface area contributed by atoms with Gasteiger partial charge in [-0.15, -0.1) is 0 Å². The van der Waals surface area contributed by atoms with Crippen LogP contribution >= 0.6 is 0 Å². The summed E-state index contributed by atoms with van der Waals surface area (Å²) in [4.78, 5) is 24.9. The molecule has 0 spiro atoms. The minimum Gasteiger partial charge on any atom is -0.322 e. The van der Waals surface area contributed by atoms with E-state index in [2.05, 4.69) is 30.5 Å². The third-order valence-corrected chi connectivity index (χ3v) is 3.52. The van der Waals surface area contributed by atoms with E-state index in [1.54, 1.807) is 6.20 Å². The second-order valence-electron chi connectivity index (χ2n) is 5.41. The number of benzene rings is 1. The van der Waals surface area contributed by atoms with Gasteiger partial charge >= 0.3 is 0 Å². The number of aromatic amines is 1. The van der Waals surface area contributed by atoms with Gasteiger partial charge < -0.3 is 5.32 Å². The number of carbonyl (C=O) groups is 1. The number of hydrogen-bond donors (Lipinski definition) is 2. The summed E-state index contributed by atoms with van der Waals surface area (Å²) in [5.41, 5.74) is 2.85. The van der Waals surface area contributed by atoms with Crippen LogP contribution in [-0.2, 0) is 6.42 Å². The number of nitrogens with one attached hydrogen (secondary N) is 2. The second-order valence-corrected chi connectivity index (χ2v) is 5.41. The van der Waals surface area contributed by atoms with Crippen molar-refractivity contribution < 1.29 is 4.79 Å². The van der Waals surface area contributed by atoms with Crippen molar-refractivity contribution in [2.75, 3.05) is 5.32 Å². The molecule has 3 aromatic rings. The molecule has 2 aromatic heterocycles. The molecule has 24 heavy (non-hydrogen) atoms. The van der Waals surface area contributed by atoms with Crippen LogP contribution in [0, 0.1) is 6.92 Å². The molecule has 0 aliphatic carbocycles. The van der Waals surface area contributed by atoms with Crippen LogP contribution in [0.4, 0.5) is 5.69 Å². The summed E-state index contributed by atoms with van der Waals surface area (Å²) in [7, 11) is 0. The van der Waals surface area contributed by atoms with Crippen molar-refractivity contribution in [2.45, 2.75) is 26.7 Å². The molecule has 0 fully saturated rings. The van der Waals surface area contributed by atoms with Crippen LogP contribution in [0.2, 0.25) is 0 Å². The Morgan fingerprint density at radius 1 is 1.25 bits per heavy atom. The van der Waals surface area contributed by atoms with Crippen LogP contribution in [0.5, 0.6) is 0 Å². The van der Waals surface area contributed by atoms with Gasteiger partial charge in [-0.1, -0.05) is 13.3 Å². The maximum Gasteiger partial charge on any atom is 0.259 e. The molecular formula is C17H18N6O. The standard InChI is InChI=1S/C17H18N6O/c1-3-4-15-14(9-18-10-19-15)17(24)21-13-7-5-12(6-8-13)16-20-11(2)22-23-16/h5-10H,3-4H2,1-2H3,(H,21,24)(H,20,22,23). The van der Waals surface area contributed by atoms with Crippen molar-refractivity contribution in [3.05, 3.63) is 53.9 Å². The van der Waals surface area contributed by atoms with Crippen LogP contribution in [0.3, 0.4) is 0 Å². The van der Waals surface area contributed by atoms with Gasteiger partial charge in [0.1, 0.15) is 12.2 Å². The number of hydrogen-bond acceptors (Lipinski definition) is 5. The molecular weight excluding hydrogens is 304 g/mol. The smallest absolute Gasteiger partial charge is 0.259 e. The number of carbonyl (C=O) groups excluding carboxylic acids is 1. The summed E-state index contributed by atoms with van der Waals surface area (Å²) in [6, 6.07) is 7.38. The molecule has 0 bridgehead atoms. The number of amides is 1. The molecule has 0 aliphatic heterocycles. The van der Waals surface area contributed by atoms with E-state index < -0.39 is 0 Å². The molecule has 2 N–H and O–H groups in total. The van der Waals surface area contributed by atoms with Crippen LogP contribution in [-0.4, -0.2) is 31.1 Å².